The SMILES string of the molecule is CCOC(C)n1c(CO)nc(-c2ccc(F)cc2)c1-c1ncc(-c2ccccc2SC)[nH]1. The van der Waals surface area contributed by atoms with Gasteiger partial charge >= 0.3 is 0 Å². The average Bonchev–Trinajstić information content (AvgIpc) is 3.44. The molecule has 0 aliphatic rings. The van der Waals surface area contributed by atoms with Crippen molar-refractivity contribution in [2.75, 3.05) is 12.9 Å². The number of aromatic nitrogens is 4. The Hall–Kier alpha value is -2.94. The number of aliphatic hydroxyl groups is 1. The van der Waals surface area contributed by atoms with E-state index in [4.69, 9.17) is 4.74 Å². The van der Waals surface area contributed by atoms with Crippen LogP contribution in [0.5, 0.6) is 0 Å². The van der Waals surface area contributed by atoms with Crippen molar-refractivity contribution in [1.29, 1.82) is 0 Å². The Morgan fingerprint density at radius 1 is 1.19 bits per heavy atom. The molecule has 1 atom stereocenters. The molecule has 2 N–H and O–H groups in total. The van der Waals surface area contributed by atoms with Crippen LogP contribution in [-0.4, -0.2) is 37.5 Å². The first kappa shape index (κ1) is 22.3. The van der Waals surface area contributed by atoms with Gasteiger partial charge in [-0.05, 0) is 50.4 Å². The van der Waals surface area contributed by atoms with Crippen molar-refractivity contribution in [2.45, 2.75) is 31.6 Å². The number of H-pyrrole nitrogens is 1. The maximum Gasteiger partial charge on any atom is 0.156 e. The average molecular weight is 453 g/mol. The molecule has 0 amide bonds. The molecule has 0 saturated carbocycles. The highest BCUT2D eigenvalue weighted by molar-refractivity contribution is 7.98. The van der Waals surface area contributed by atoms with Crippen LogP contribution in [0.15, 0.2) is 59.6 Å². The summed E-state index contributed by atoms with van der Waals surface area (Å²) in [5.41, 5.74) is 3.92. The zero-order chi connectivity index (χ0) is 22.7. The van der Waals surface area contributed by atoms with Crippen LogP contribution >= 0.6 is 11.8 Å². The van der Waals surface area contributed by atoms with Crippen molar-refractivity contribution in [3.8, 4) is 34.0 Å². The number of benzene rings is 2. The van der Waals surface area contributed by atoms with Crippen LogP contribution in [0.3, 0.4) is 0 Å². The Morgan fingerprint density at radius 3 is 2.62 bits per heavy atom. The molecule has 166 valence electrons. The summed E-state index contributed by atoms with van der Waals surface area (Å²) in [6, 6.07) is 14.2. The zero-order valence-corrected chi connectivity index (χ0v) is 19.0. The summed E-state index contributed by atoms with van der Waals surface area (Å²) in [5, 5.41) is 10.0. The van der Waals surface area contributed by atoms with Crippen LogP contribution < -0.4 is 0 Å². The van der Waals surface area contributed by atoms with Gasteiger partial charge in [-0.2, -0.15) is 0 Å². The first-order chi connectivity index (χ1) is 15.6. The smallest absolute Gasteiger partial charge is 0.156 e. The van der Waals surface area contributed by atoms with Crippen LogP contribution in [0.4, 0.5) is 4.39 Å². The third-order valence-electron chi connectivity index (χ3n) is 5.21. The number of nitrogens with one attached hydrogen (secondary N) is 1. The first-order valence-electron chi connectivity index (χ1n) is 10.4. The molecule has 4 aromatic rings. The predicted molar refractivity (Wildman–Crippen MR) is 125 cm³/mol. The van der Waals surface area contributed by atoms with E-state index in [-0.39, 0.29) is 18.7 Å². The third kappa shape index (κ3) is 4.21. The van der Waals surface area contributed by atoms with Gasteiger partial charge in [0.1, 0.15) is 35.9 Å². The largest absolute Gasteiger partial charge is 0.388 e. The first-order valence-corrected chi connectivity index (χ1v) is 11.6. The second-order valence-corrected chi connectivity index (χ2v) is 8.01. The molecular formula is C24H25FN4O2S. The minimum Gasteiger partial charge on any atom is -0.388 e. The van der Waals surface area contributed by atoms with Crippen molar-refractivity contribution in [1.82, 2.24) is 19.5 Å². The lowest BCUT2D eigenvalue weighted by Gasteiger charge is -2.18. The molecule has 2 aromatic heterocycles. The van der Waals surface area contributed by atoms with Crippen LogP contribution in [0, 0.1) is 5.82 Å². The fourth-order valence-corrected chi connectivity index (χ4v) is 4.39. The molecule has 1 unspecified atom stereocenters. The van der Waals surface area contributed by atoms with Gasteiger partial charge in [-0.15, -0.1) is 11.8 Å². The lowest BCUT2D eigenvalue weighted by molar-refractivity contribution is 0.0214. The Morgan fingerprint density at radius 2 is 1.94 bits per heavy atom. The van der Waals surface area contributed by atoms with E-state index in [0.717, 1.165) is 21.7 Å². The molecule has 0 fully saturated rings. The molecule has 2 aromatic carbocycles. The summed E-state index contributed by atoms with van der Waals surface area (Å²) >= 11 is 1.67. The van der Waals surface area contributed by atoms with Crippen LogP contribution in [0.1, 0.15) is 25.9 Å². The third-order valence-corrected chi connectivity index (χ3v) is 6.01. The van der Waals surface area contributed by atoms with Gasteiger partial charge in [-0.3, -0.25) is 4.57 Å². The second-order valence-electron chi connectivity index (χ2n) is 7.16. The maximum atomic E-state index is 13.6. The molecule has 8 heteroatoms. The van der Waals surface area contributed by atoms with Crippen molar-refractivity contribution < 1.29 is 14.2 Å². The van der Waals surface area contributed by atoms with E-state index >= 15 is 0 Å². The van der Waals surface area contributed by atoms with E-state index in [2.05, 4.69) is 21.0 Å². The Bertz CT molecular complexity index is 1200. The number of aromatic amines is 1. The summed E-state index contributed by atoms with van der Waals surface area (Å²) in [4.78, 5) is 13.9. The van der Waals surface area contributed by atoms with E-state index in [1.165, 1.54) is 12.1 Å². The fourth-order valence-electron chi connectivity index (χ4n) is 3.78. The van der Waals surface area contributed by atoms with E-state index in [1.54, 1.807) is 30.1 Å². The topological polar surface area (TPSA) is 76.0 Å². The van der Waals surface area contributed by atoms with Crippen LogP contribution in [0.25, 0.3) is 34.0 Å². The number of hydrogen-bond acceptors (Lipinski definition) is 5. The number of nitrogens with zero attached hydrogens (tertiary/aromatic N) is 3. The monoisotopic (exact) mass is 452 g/mol. The molecule has 0 aliphatic carbocycles. The molecular weight excluding hydrogens is 427 g/mol. The predicted octanol–water partition coefficient (Wildman–Crippen LogP) is 5.52. The van der Waals surface area contributed by atoms with Crippen molar-refractivity contribution in [3.05, 3.63) is 66.4 Å². The Kier molecular flexibility index (Phi) is 6.74. The highest BCUT2D eigenvalue weighted by Crippen LogP contribution is 2.36. The van der Waals surface area contributed by atoms with Gasteiger partial charge in [-0.1, -0.05) is 18.2 Å². The van der Waals surface area contributed by atoms with Crippen molar-refractivity contribution >= 4 is 11.8 Å². The zero-order valence-electron chi connectivity index (χ0n) is 18.2. The lowest BCUT2D eigenvalue weighted by Crippen LogP contribution is -2.14. The number of rotatable bonds is 8. The fraction of sp³-hybridized carbons (Fsp3) is 0.250. The molecule has 0 aliphatic heterocycles. The minimum absolute atomic E-state index is 0.269. The standard InChI is InChI=1S/C24H25FN4O2S/c1-4-31-15(2)29-21(14-30)28-22(16-9-11-17(25)12-10-16)23(29)24-26-13-19(27-24)18-7-5-6-8-20(18)32-3/h5-13,15,30H,4,14H2,1-3H3,(H,26,27). The van der Waals surface area contributed by atoms with Gasteiger partial charge < -0.3 is 14.8 Å². The molecule has 0 spiro atoms. The lowest BCUT2D eigenvalue weighted by atomic mass is 10.1. The molecule has 4 rings (SSSR count). The minimum atomic E-state index is -0.383. The summed E-state index contributed by atoms with van der Waals surface area (Å²) in [5.74, 6) is 0.713. The summed E-state index contributed by atoms with van der Waals surface area (Å²) < 4.78 is 21.2. The van der Waals surface area contributed by atoms with Crippen LogP contribution in [0.2, 0.25) is 0 Å². The van der Waals surface area contributed by atoms with Crippen LogP contribution in [-0.2, 0) is 11.3 Å². The summed E-state index contributed by atoms with van der Waals surface area (Å²) in [7, 11) is 0. The Balaban J connectivity index is 1.91. The highest BCUT2D eigenvalue weighted by atomic mass is 32.2. The highest BCUT2D eigenvalue weighted by Gasteiger charge is 2.25. The second kappa shape index (κ2) is 9.68. The van der Waals surface area contributed by atoms with E-state index in [1.807, 2.05) is 42.9 Å². The van der Waals surface area contributed by atoms with Gasteiger partial charge in [0.05, 0.1) is 11.9 Å². The molecule has 0 radical (unpaired) electrons. The van der Waals surface area contributed by atoms with E-state index in [0.29, 0.717) is 29.6 Å². The van der Waals surface area contributed by atoms with Crippen molar-refractivity contribution in [3.63, 3.8) is 0 Å². The number of hydrogen-bond donors (Lipinski definition) is 2. The van der Waals surface area contributed by atoms with Crippen molar-refractivity contribution in [2.24, 2.45) is 0 Å². The summed E-state index contributed by atoms with van der Waals surface area (Å²) in [6.07, 6.45) is 3.45. The normalized spacial score (nSPS) is 12.3. The molecule has 0 bridgehead atoms. The molecule has 2 heterocycles. The number of halogens is 1. The maximum absolute atomic E-state index is 13.6. The van der Waals surface area contributed by atoms with E-state index < -0.39 is 0 Å². The quantitative estimate of drug-likeness (QED) is 0.345. The molecule has 0 saturated heterocycles. The van der Waals surface area contributed by atoms with Gasteiger partial charge in [0, 0.05) is 22.6 Å². The Labute approximate surface area is 190 Å². The molecule has 6 nitrogen and oxygen atoms in total. The van der Waals surface area contributed by atoms with Gasteiger partial charge in [0.2, 0.25) is 0 Å². The number of ether oxygens (including phenoxy) is 1. The van der Waals surface area contributed by atoms with E-state index in [9.17, 15) is 9.50 Å². The number of aliphatic hydroxyl groups excluding tert-OH is 1. The van der Waals surface area contributed by atoms with Gasteiger partial charge in [0.25, 0.3) is 0 Å². The number of imidazole rings is 2. The van der Waals surface area contributed by atoms with Gasteiger partial charge in [0.15, 0.2) is 5.82 Å². The molecule has 32 heavy (non-hydrogen) atoms. The number of thioether (sulfide) groups is 1. The van der Waals surface area contributed by atoms with Gasteiger partial charge in [-0.25, -0.2) is 14.4 Å². The summed E-state index contributed by atoms with van der Waals surface area (Å²) in [6.45, 7) is 4.04.